The van der Waals surface area contributed by atoms with Gasteiger partial charge in [-0.05, 0) is 19.9 Å². The molecule has 1 aromatic heterocycles. The number of hydrogen-bond acceptors (Lipinski definition) is 4. The number of methoxy groups -OCH3 is 1. The minimum atomic E-state index is -0.191. The number of nitrogens with zero attached hydrogens (tertiary/aromatic N) is 3. The van der Waals surface area contributed by atoms with Gasteiger partial charge in [-0.2, -0.15) is 5.10 Å². The van der Waals surface area contributed by atoms with Crippen molar-refractivity contribution in [2.24, 2.45) is 7.05 Å². The Morgan fingerprint density at radius 1 is 1.59 bits per heavy atom. The van der Waals surface area contributed by atoms with Gasteiger partial charge in [-0.15, -0.1) is 0 Å². The third-order valence-electron chi connectivity index (χ3n) is 2.87. The minimum Gasteiger partial charge on any atom is -0.468 e. The molecule has 17 heavy (non-hydrogen) atoms. The van der Waals surface area contributed by atoms with E-state index in [4.69, 9.17) is 4.74 Å². The van der Waals surface area contributed by atoms with Gasteiger partial charge in [-0.3, -0.25) is 14.4 Å². The normalized spacial score (nSPS) is 11.2. The van der Waals surface area contributed by atoms with E-state index in [-0.39, 0.29) is 5.97 Å². The summed E-state index contributed by atoms with van der Waals surface area (Å²) in [6, 6.07) is 2.32. The van der Waals surface area contributed by atoms with Crippen molar-refractivity contribution in [1.29, 1.82) is 0 Å². The highest BCUT2D eigenvalue weighted by Gasteiger charge is 2.14. The van der Waals surface area contributed by atoms with Crippen molar-refractivity contribution in [2.45, 2.75) is 26.3 Å². The van der Waals surface area contributed by atoms with Crippen LogP contribution in [0.25, 0.3) is 0 Å². The van der Waals surface area contributed by atoms with Gasteiger partial charge >= 0.3 is 5.97 Å². The van der Waals surface area contributed by atoms with Crippen molar-refractivity contribution < 1.29 is 9.53 Å². The molecular weight excluding hydrogens is 218 g/mol. The Balaban J connectivity index is 2.50. The number of ether oxygens (including phenoxy) is 1. The molecule has 0 atom stereocenters. The van der Waals surface area contributed by atoms with Gasteiger partial charge in [0.15, 0.2) is 0 Å². The monoisotopic (exact) mass is 239 g/mol. The van der Waals surface area contributed by atoms with Crippen molar-refractivity contribution in [3.05, 3.63) is 18.0 Å². The maximum atomic E-state index is 11.3. The van der Waals surface area contributed by atoms with E-state index in [0.29, 0.717) is 12.6 Å². The van der Waals surface area contributed by atoms with Gasteiger partial charge in [0.05, 0.1) is 13.7 Å². The molecule has 0 bridgehead atoms. The van der Waals surface area contributed by atoms with Gasteiger partial charge in [-0.25, -0.2) is 0 Å². The lowest BCUT2D eigenvalue weighted by Gasteiger charge is -2.24. The average molecular weight is 239 g/mol. The molecule has 0 spiro atoms. The number of rotatable bonds is 6. The summed E-state index contributed by atoms with van der Waals surface area (Å²) in [4.78, 5) is 13.4. The van der Waals surface area contributed by atoms with Crippen molar-refractivity contribution in [1.82, 2.24) is 14.7 Å². The lowest BCUT2D eigenvalue weighted by atomic mass is 10.2. The SMILES string of the molecule is COC(=O)CN(CCc1ccnn1C)C(C)C. The standard InChI is InChI=1S/C12H21N3O2/c1-10(2)15(9-12(16)17-4)8-6-11-5-7-13-14(11)3/h5,7,10H,6,8-9H2,1-4H3. The Hall–Kier alpha value is -1.36. The van der Waals surface area contributed by atoms with Crippen molar-refractivity contribution in [3.63, 3.8) is 0 Å². The predicted molar refractivity (Wildman–Crippen MR) is 65.6 cm³/mol. The summed E-state index contributed by atoms with van der Waals surface area (Å²) in [5.41, 5.74) is 1.17. The van der Waals surface area contributed by atoms with E-state index < -0.39 is 0 Å². The van der Waals surface area contributed by atoms with Crippen LogP contribution < -0.4 is 0 Å². The van der Waals surface area contributed by atoms with E-state index in [2.05, 4.69) is 23.8 Å². The van der Waals surface area contributed by atoms with Crippen LogP contribution in [0.4, 0.5) is 0 Å². The van der Waals surface area contributed by atoms with E-state index in [1.165, 1.54) is 12.8 Å². The molecule has 0 saturated carbocycles. The first-order chi connectivity index (χ1) is 8.04. The second kappa shape index (κ2) is 6.39. The van der Waals surface area contributed by atoms with Crippen molar-refractivity contribution in [3.8, 4) is 0 Å². The van der Waals surface area contributed by atoms with Crippen LogP contribution >= 0.6 is 0 Å². The van der Waals surface area contributed by atoms with E-state index in [1.807, 2.05) is 17.8 Å². The molecule has 1 heterocycles. The van der Waals surface area contributed by atoms with E-state index in [1.54, 1.807) is 6.20 Å². The molecule has 0 radical (unpaired) electrons. The number of hydrogen-bond donors (Lipinski definition) is 0. The van der Waals surface area contributed by atoms with Gasteiger partial charge in [0, 0.05) is 37.9 Å². The van der Waals surface area contributed by atoms with E-state index in [0.717, 1.165) is 13.0 Å². The lowest BCUT2D eigenvalue weighted by molar-refractivity contribution is -0.142. The summed E-state index contributed by atoms with van der Waals surface area (Å²) in [7, 11) is 3.34. The summed E-state index contributed by atoms with van der Waals surface area (Å²) >= 11 is 0. The van der Waals surface area contributed by atoms with Crippen LogP contribution in [0, 0.1) is 0 Å². The molecule has 0 amide bonds. The average Bonchev–Trinajstić information content (AvgIpc) is 2.69. The Bertz CT molecular complexity index is 360. The zero-order valence-corrected chi connectivity index (χ0v) is 11.0. The molecule has 0 aliphatic rings. The molecule has 0 aromatic carbocycles. The molecule has 5 heteroatoms. The Morgan fingerprint density at radius 3 is 2.76 bits per heavy atom. The fourth-order valence-electron chi connectivity index (χ4n) is 1.65. The molecule has 0 fully saturated rings. The number of aromatic nitrogens is 2. The topological polar surface area (TPSA) is 47.4 Å². The van der Waals surface area contributed by atoms with E-state index >= 15 is 0 Å². The maximum Gasteiger partial charge on any atom is 0.319 e. The van der Waals surface area contributed by atoms with Crippen LogP contribution in [-0.4, -0.2) is 46.9 Å². The smallest absolute Gasteiger partial charge is 0.319 e. The fraction of sp³-hybridized carbons (Fsp3) is 0.667. The van der Waals surface area contributed by atoms with E-state index in [9.17, 15) is 4.79 Å². The molecule has 96 valence electrons. The van der Waals surface area contributed by atoms with Crippen LogP contribution in [0.15, 0.2) is 12.3 Å². The quantitative estimate of drug-likeness (QED) is 0.690. The molecule has 0 unspecified atom stereocenters. The number of esters is 1. The molecule has 0 saturated heterocycles. The van der Waals surface area contributed by atoms with Gasteiger partial charge < -0.3 is 4.74 Å². The molecule has 1 rings (SSSR count). The summed E-state index contributed by atoms with van der Waals surface area (Å²) < 4.78 is 6.55. The first-order valence-electron chi connectivity index (χ1n) is 5.82. The number of carbonyl (C=O) groups excluding carboxylic acids is 1. The predicted octanol–water partition coefficient (Wildman–Crippen LogP) is 0.846. The third kappa shape index (κ3) is 4.19. The van der Waals surface area contributed by atoms with Crippen LogP contribution in [0.5, 0.6) is 0 Å². The van der Waals surface area contributed by atoms with Crippen molar-refractivity contribution in [2.75, 3.05) is 20.2 Å². The zero-order chi connectivity index (χ0) is 12.8. The first-order valence-corrected chi connectivity index (χ1v) is 5.82. The van der Waals surface area contributed by atoms with Crippen LogP contribution in [0.2, 0.25) is 0 Å². The second-order valence-electron chi connectivity index (χ2n) is 4.34. The van der Waals surface area contributed by atoms with Crippen molar-refractivity contribution >= 4 is 5.97 Å². The third-order valence-corrected chi connectivity index (χ3v) is 2.87. The summed E-state index contributed by atoms with van der Waals surface area (Å²) in [6.45, 7) is 5.32. The lowest BCUT2D eigenvalue weighted by Crippen LogP contribution is -2.37. The second-order valence-corrected chi connectivity index (χ2v) is 4.34. The van der Waals surface area contributed by atoms with Crippen LogP contribution in [0.1, 0.15) is 19.5 Å². The number of carbonyl (C=O) groups is 1. The highest BCUT2D eigenvalue weighted by Crippen LogP contribution is 2.03. The Morgan fingerprint density at radius 2 is 2.29 bits per heavy atom. The maximum absolute atomic E-state index is 11.3. The Labute approximate surface area is 102 Å². The summed E-state index contributed by atoms with van der Waals surface area (Å²) in [5, 5.41) is 4.12. The van der Waals surface area contributed by atoms with Crippen LogP contribution in [-0.2, 0) is 23.0 Å². The summed E-state index contributed by atoms with van der Waals surface area (Å²) in [5.74, 6) is -0.191. The molecule has 0 N–H and O–H groups in total. The van der Waals surface area contributed by atoms with Gasteiger partial charge in [0.1, 0.15) is 0 Å². The Kier molecular flexibility index (Phi) is 5.15. The molecule has 5 nitrogen and oxygen atoms in total. The summed E-state index contributed by atoms with van der Waals surface area (Å²) in [6.07, 6.45) is 2.67. The minimum absolute atomic E-state index is 0.191. The molecule has 0 aliphatic carbocycles. The van der Waals surface area contributed by atoms with Crippen LogP contribution in [0.3, 0.4) is 0 Å². The molecular formula is C12H21N3O2. The fourth-order valence-corrected chi connectivity index (χ4v) is 1.65. The highest BCUT2D eigenvalue weighted by molar-refractivity contribution is 5.71. The molecule has 1 aromatic rings. The molecule has 0 aliphatic heterocycles. The zero-order valence-electron chi connectivity index (χ0n) is 11.0. The van der Waals surface area contributed by atoms with Gasteiger partial charge in [0.25, 0.3) is 0 Å². The first kappa shape index (κ1) is 13.7. The van der Waals surface area contributed by atoms with Gasteiger partial charge in [0.2, 0.25) is 0 Å². The number of aryl methyl sites for hydroxylation is 1. The van der Waals surface area contributed by atoms with Gasteiger partial charge in [-0.1, -0.05) is 0 Å². The highest BCUT2D eigenvalue weighted by atomic mass is 16.5. The largest absolute Gasteiger partial charge is 0.468 e.